The van der Waals surface area contributed by atoms with Crippen LogP contribution in [0.5, 0.6) is 0 Å². The lowest BCUT2D eigenvalue weighted by atomic mass is 9.74. The Hall–Kier alpha value is -6.64. The van der Waals surface area contributed by atoms with Gasteiger partial charge in [0.15, 0.2) is 5.58 Å². The van der Waals surface area contributed by atoms with Crippen LogP contribution in [0.15, 0.2) is 192 Å². The molecule has 0 spiro atoms. The van der Waals surface area contributed by atoms with Crippen molar-refractivity contribution >= 4 is 39.0 Å². The van der Waals surface area contributed by atoms with Crippen molar-refractivity contribution in [2.75, 3.05) is 4.90 Å². The van der Waals surface area contributed by atoms with Gasteiger partial charge < -0.3 is 9.32 Å². The standard InChI is InChI=1S/C52H37NO/c1-51(34-16-5-3-6-17-34)44-24-12-9-20-38(44)40-30-28-36(32-46(40)51)53(48-26-15-23-43-42-22-11-14-27-49(42)54-50(43)48)37-29-31-41-39-21-10-13-25-45(39)52(2,47(41)33-37)35-18-7-4-8-19-35/h3-33H,1-2H3. The molecule has 0 saturated carbocycles. The quantitative estimate of drug-likeness (QED) is 0.179. The van der Waals surface area contributed by atoms with Crippen LogP contribution >= 0.6 is 0 Å². The molecular weight excluding hydrogens is 655 g/mol. The van der Waals surface area contributed by atoms with E-state index >= 15 is 0 Å². The van der Waals surface area contributed by atoms with Gasteiger partial charge in [0.05, 0.1) is 5.69 Å². The predicted octanol–water partition coefficient (Wildman–Crippen LogP) is 13.7. The van der Waals surface area contributed by atoms with E-state index in [0.717, 1.165) is 39.0 Å². The van der Waals surface area contributed by atoms with Gasteiger partial charge in [-0.15, -0.1) is 0 Å². The molecule has 2 nitrogen and oxygen atoms in total. The molecule has 0 radical (unpaired) electrons. The number of fused-ring (bicyclic) bond motifs is 9. The fraction of sp³-hybridized carbons (Fsp3) is 0.0769. The fourth-order valence-corrected chi connectivity index (χ4v) is 9.74. The Morgan fingerprint density at radius 2 is 0.852 bits per heavy atom. The molecule has 9 aromatic rings. The highest BCUT2D eigenvalue weighted by Gasteiger charge is 2.43. The first-order valence-electron chi connectivity index (χ1n) is 18.9. The maximum atomic E-state index is 6.77. The number of benzene rings is 8. The SMILES string of the molecule is CC1(c2ccccc2)c2ccccc2-c2ccc(N(c3ccc4c(c3)C(C)(c3ccccc3)c3ccccc3-4)c3cccc4c3oc3ccccc34)cc21. The fourth-order valence-electron chi connectivity index (χ4n) is 9.74. The van der Waals surface area contributed by atoms with Crippen LogP contribution in [-0.4, -0.2) is 0 Å². The summed E-state index contributed by atoms with van der Waals surface area (Å²) in [6, 6.07) is 68.8. The van der Waals surface area contributed by atoms with Gasteiger partial charge in [-0.05, 0) is 106 Å². The zero-order valence-electron chi connectivity index (χ0n) is 30.3. The minimum atomic E-state index is -0.328. The van der Waals surface area contributed by atoms with Crippen LogP contribution in [0.1, 0.15) is 47.2 Å². The van der Waals surface area contributed by atoms with Crippen molar-refractivity contribution < 1.29 is 4.42 Å². The van der Waals surface area contributed by atoms with Crippen LogP contribution < -0.4 is 4.90 Å². The van der Waals surface area contributed by atoms with Gasteiger partial charge in [-0.3, -0.25) is 0 Å². The molecule has 11 rings (SSSR count). The molecule has 0 bridgehead atoms. The van der Waals surface area contributed by atoms with Gasteiger partial charge in [-0.1, -0.05) is 152 Å². The van der Waals surface area contributed by atoms with Crippen LogP contribution in [0, 0.1) is 0 Å². The minimum absolute atomic E-state index is 0.328. The van der Waals surface area contributed by atoms with Crippen molar-refractivity contribution in [3.63, 3.8) is 0 Å². The van der Waals surface area contributed by atoms with E-state index in [0.29, 0.717) is 0 Å². The third-order valence-electron chi connectivity index (χ3n) is 12.4. The van der Waals surface area contributed by atoms with Gasteiger partial charge in [-0.2, -0.15) is 0 Å². The summed E-state index contributed by atoms with van der Waals surface area (Å²) in [5.41, 5.74) is 17.3. The lowest BCUT2D eigenvalue weighted by Crippen LogP contribution is -2.23. The van der Waals surface area contributed by atoms with Crippen LogP contribution in [-0.2, 0) is 10.8 Å². The molecule has 8 aromatic carbocycles. The molecule has 0 N–H and O–H groups in total. The summed E-state index contributed by atoms with van der Waals surface area (Å²) in [6.45, 7) is 4.78. The second-order valence-electron chi connectivity index (χ2n) is 15.1. The summed E-state index contributed by atoms with van der Waals surface area (Å²) in [5, 5.41) is 2.23. The van der Waals surface area contributed by atoms with Crippen molar-refractivity contribution in [2.24, 2.45) is 0 Å². The van der Waals surface area contributed by atoms with Gasteiger partial charge in [0.25, 0.3) is 0 Å². The monoisotopic (exact) mass is 691 g/mol. The smallest absolute Gasteiger partial charge is 0.159 e. The molecule has 2 unspecified atom stereocenters. The van der Waals surface area contributed by atoms with Crippen molar-refractivity contribution in [1.29, 1.82) is 0 Å². The first-order valence-corrected chi connectivity index (χ1v) is 18.9. The maximum absolute atomic E-state index is 6.77. The van der Waals surface area contributed by atoms with Crippen molar-refractivity contribution in [3.05, 3.63) is 221 Å². The van der Waals surface area contributed by atoms with E-state index in [-0.39, 0.29) is 10.8 Å². The number of para-hydroxylation sites is 2. The summed E-state index contributed by atoms with van der Waals surface area (Å²) >= 11 is 0. The third-order valence-corrected chi connectivity index (χ3v) is 12.4. The first-order chi connectivity index (χ1) is 26.5. The summed E-state index contributed by atoms with van der Waals surface area (Å²) < 4.78 is 6.77. The van der Waals surface area contributed by atoms with E-state index in [1.165, 1.54) is 55.6 Å². The third kappa shape index (κ3) is 4.17. The first kappa shape index (κ1) is 30.9. The molecule has 0 fully saturated rings. The molecule has 1 aromatic heterocycles. The zero-order valence-corrected chi connectivity index (χ0v) is 30.3. The normalized spacial score (nSPS) is 18.0. The Labute approximate surface area is 315 Å². The predicted molar refractivity (Wildman–Crippen MR) is 223 cm³/mol. The van der Waals surface area contributed by atoms with Gasteiger partial charge >= 0.3 is 0 Å². The van der Waals surface area contributed by atoms with E-state index in [4.69, 9.17) is 4.42 Å². The summed E-state index contributed by atoms with van der Waals surface area (Å²) in [5.74, 6) is 0. The zero-order chi connectivity index (χ0) is 36.0. The molecule has 2 atom stereocenters. The Bertz CT molecular complexity index is 2780. The molecule has 0 amide bonds. The maximum Gasteiger partial charge on any atom is 0.159 e. The van der Waals surface area contributed by atoms with Crippen LogP contribution in [0.2, 0.25) is 0 Å². The second-order valence-corrected chi connectivity index (χ2v) is 15.1. The lowest BCUT2D eigenvalue weighted by molar-refractivity contribution is 0.669. The molecule has 54 heavy (non-hydrogen) atoms. The van der Waals surface area contributed by atoms with Crippen LogP contribution in [0.25, 0.3) is 44.2 Å². The average molecular weight is 692 g/mol. The largest absolute Gasteiger partial charge is 0.454 e. The average Bonchev–Trinajstić information content (AvgIpc) is 3.84. The molecule has 256 valence electrons. The highest BCUT2D eigenvalue weighted by molar-refractivity contribution is 6.10. The Balaban J connectivity index is 1.19. The molecule has 2 heteroatoms. The summed E-state index contributed by atoms with van der Waals surface area (Å²) in [7, 11) is 0. The molecule has 1 heterocycles. The Kier molecular flexibility index (Phi) is 6.55. The molecule has 0 aliphatic heterocycles. The van der Waals surface area contributed by atoms with Gasteiger partial charge in [0.2, 0.25) is 0 Å². The van der Waals surface area contributed by atoms with E-state index in [9.17, 15) is 0 Å². The van der Waals surface area contributed by atoms with Gasteiger partial charge in [-0.25, -0.2) is 0 Å². The number of furan rings is 1. The van der Waals surface area contributed by atoms with E-state index < -0.39 is 0 Å². The topological polar surface area (TPSA) is 16.4 Å². The lowest BCUT2D eigenvalue weighted by Gasteiger charge is -2.32. The number of hydrogen-bond donors (Lipinski definition) is 0. The van der Waals surface area contributed by atoms with Crippen LogP contribution in [0.3, 0.4) is 0 Å². The summed E-state index contributed by atoms with van der Waals surface area (Å²) in [4.78, 5) is 2.42. The molecule has 0 saturated heterocycles. The second kappa shape index (κ2) is 11.4. The molecule has 2 aliphatic rings. The number of hydrogen-bond acceptors (Lipinski definition) is 2. The number of rotatable bonds is 5. The van der Waals surface area contributed by atoms with Crippen molar-refractivity contribution in [1.82, 2.24) is 0 Å². The molecule has 2 aliphatic carbocycles. The Morgan fingerprint density at radius 3 is 1.43 bits per heavy atom. The van der Waals surface area contributed by atoms with Crippen molar-refractivity contribution in [2.45, 2.75) is 24.7 Å². The van der Waals surface area contributed by atoms with Gasteiger partial charge in [0, 0.05) is 33.0 Å². The van der Waals surface area contributed by atoms with E-state index in [1.807, 2.05) is 6.07 Å². The highest BCUT2D eigenvalue weighted by atomic mass is 16.3. The minimum Gasteiger partial charge on any atom is -0.454 e. The van der Waals surface area contributed by atoms with E-state index in [1.54, 1.807) is 0 Å². The number of anilines is 3. The van der Waals surface area contributed by atoms with E-state index in [2.05, 4.69) is 201 Å². The molecular formula is C52H37NO. The van der Waals surface area contributed by atoms with Crippen LogP contribution in [0.4, 0.5) is 17.1 Å². The number of nitrogens with zero attached hydrogens (tertiary/aromatic N) is 1. The highest BCUT2D eigenvalue weighted by Crippen LogP contribution is 2.56. The summed E-state index contributed by atoms with van der Waals surface area (Å²) in [6.07, 6.45) is 0. The van der Waals surface area contributed by atoms with Gasteiger partial charge in [0.1, 0.15) is 5.58 Å². The Morgan fingerprint density at radius 1 is 0.389 bits per heavy atom. The van der Waals surface area contributed by atoms with Crippen molar-refractivity contribution in [3.8, 4) is 22.3 Å².